The van der Waals surface area contributed by atoms with E-state index >= 15 is 0 Å². The monoisotopic (exact) mass is 371 g/mol. The van der Waals surface area contributed by atoms with E-state index in [1.54, 1.807) is 24.3 Å². The molecule has 0 unspecified atom stereocenters. The molecule has 2 aromatic carbocycles. The van der Waals surface area contributed by atoms with Gasteiger partial charge in [0.25, 0.3) is 5.91 Å². The van der Waals surface area contributed by atoms with Crippen LogP contribution in [0.3, 0.4) is 0 Å². The van der Waals surface area contributed by atoms with E-state index in [9.17, 15) is 9.59 Å². The summed E-state index contributed by atoms with van der Waals surface area (Å²) in [6.45, 7) is 6.01. The Bertz CT molecular complexity index is 805. The van der Waals surface area contributed by atoms with Crippen molar-refractivity contribution in [1.82, 2.24) is 0 Å². The zero-order valence-corrected chi connectivity index (χ0v) is 15.8. The summed E-state index contributed by atoms with van der Waals surface area (Å²) >= 11 is 6.00. The third-order valence-corrected chi connectivity index (χ3v) is 4.03. The molecule has 0 aliphatic carbocycles. The van der Waals surface area contributed by atoms with Gasteiger partial charge in [0.2, 0.25) is 0 Å². The number of rotatable bonds is 5. The van der Waals surface area contributed by atoms with Gasteiger partial charge in [-0.1, -0.05) is 62.7 Å². The number of anilines is 1. The molecule has 136 valence electrons. The van der Waals surface area contributed by atoms with Crippen molar-refractivity contribution in [2.75, 3.05) is 11.9 Å². The molecule has 1 N–H and O–H groups in total. The lowest BCUT2D eigenvalue weighted by atomic mass is 9.87. The molecule has 0 bridgehead atoms. The molecule has 0 radical (unpaired) electrons. The molecular weight excluding hydrogens is 350 g/mol. The lowest BCUT2D eigenvalue weighted by Gasteiger charge is -2.19. The van der Waals surface area contributed by atoms with Crippen molar-refractivity contribution in [2.45, 2.75) is 26.2 Å². The van der Waals surface area contributed by atoms with Crippen LogP contribution in [0.1, 0.15) is 31.9 Å². The third-order valence-electron chi connectivity index (χ3n) is 3.68. The fourth-order valence-electron chi connectivity index (χ4n) is 2.20. The molecule has 0 fully saturated rings. The van der Waals surface area contributed by atoms with Crippen molar-refractivity contribution in [3.8, 4) is 0 Å². The van der Waals surface area contributed by atoms with Gasteiger partial charge < -0.3 is 10.1 Å². The molecule has 0 atom stereocenters. The van der Waals surface area contributed by atoms with E-state index in [-0.39, 0.29) is 12.0 Å². The van der Waals surface area contributed by atoms with Gasteiger partial charge in [0.05, 0.1) is 0 Å². The van der Waals surface area contributed by atoms with Crippen LogP contribution in [0.25, 0.3) is 6.08 Å². The maximum Gasteiger partial charge on any atom is 0.331 e. The SMILES string of the molecule is CC(C)(C)c1ccc(NC(=O)COC(=O)/C=C/c2ccccc2Cl)cc1. The van der Waals surface area contributed by atoms with E-state index in [2.05, 4.69) is 26.1 Å². The third kappa shape index (κ3) is 6.05. The molecule has 0 aliphatic rings. The summed E-state index contributed by atoms with van der Waals surface area (Å²) in [7, 11) is 0. The molecule has 1 amide bonds. The summed E-state index contributed by atoms with van der Waals surface area (Å²) < 4.78 is 4.93. The van der Waals surface area contributed by atoms with Crippen LogP contribution in [0.2, 0.25) is 5.02 Å². The quantitative estimate of drug-likeness (QED) is 0.604. The molecule has 5 heteroatoms. The first-order chi connectivity index (χ1) is 12.3. The van der Waals surface area contributed by atoms with Gasteiger partial charge >= 0.3 is 5.97 Å². The number of halogens is 1. The predicted octanol–water partition coefficient (Wildman–Crippen LogP) is 4.83. The Morgan fingerprint density at radius 2 is 1.73 bits per heavy atom. The Hall–Kier alpha value is -2.59. The topological polar surface area (TPSA) is 55.4 Å². The summed E-state index contributed by atoms with van der Waals surface area (Å²) in [6.07, 6.45) is 2.79. The van der Waals surface area contributed by atoms with Crippen molar-refractivity contribution < 1.29 is 14.3 Å². The highest BCUT2D eigenvalue weighted by Crippen LogP contribution is 2.23. The summed E-state index contributed by atoms with van der Waals surface area (Å²) in [4.78, 5) is 23.6. The molecule has 0 saturated carbocycles. The molecule has 0 aromatic heterocycles. The Morgan fingerprint density at radius 3 is 2.35 bits per heavy atom. The number of ether oxygens (including phenoxy) is 1. The van der Waals surface area contributed by atoms with Crippen LogP contribution in [0.4, 0.5) is 5.69 Å². The zero-order valence-electron chi connectivity index (χ0n) is 15.1. The summed E-state index contributed by atoms with van der Waals surface area (Å²) in [5, 5.41) is 3.23. The van der Waals surface area contributed by atoms with Crippen molar-refractivity contribution in [2.24, 2.45) is 0 Å². The van der Waals surface area contributed by atoms with Gasteiger partial charge in [0.15, 0.2) is 6.61 Å². The van der Waals surface area contributed by atoms with Crippen molar-refractivity contribution in [1.29, 1.82) is 0 Å². The van der Waals surface area contributed by atoms with Gasteiger partial charge in [0.1, 0.15) is 0 Å². The summed E-state index contributed by atoms with van der Waals surface area (Å²) in [5.41, 5.74) is 2.58. The van der Waals surface area contributed by atoms with Crippen molar-refractivity contribution in [3.05, 3.63) is 70.8 Å². The standard InChI is InChI=1S/C21H22ClNO3/c1-21(2,3)16-9-11-17(12-10-16)23-19(24)14-26-20(25)13-8-15-6-4-5-7-18(15)22/h4-13H,14H2,1-3H3,(H,23,24)/b13-8+. The van der Waals surface area contributed by atoms with Crippen LogP contribution >= 0.6 is 11.6 Å². The molecule has 0 aliphatic heterocycles. The minimum Gasteiger partial charge on any atom is -0.452 e. The Morgan fingerprint density at radius 1 is 1.08 bits per heavy atom. The first-order valence-electron chi connectivity index (χ1n) is 8.25. The van der Waals surface area contributed by atoms with E-state index in [4.69, 9.17) is 16.3 Å². The smallest absolute Gasteiger partial charge is 0.331 e. The van der Waals surface area contributed by atoms with Crippen molar-refractivity contribution in [3.63, 3.8) is 0 Å². The molecule has 2 rings (SSSR count). The fraction of sp³-hybridized carbons (Fsp3) is 0.238. The second-order valence-electron chi connectivity index (χ2n) is 6.84. The normalized spacial score (nSPS) is 11.4. The van der Waals surface area contributed by atoms with Crippen LogP contribution in [-0.2, 0) is 19.7 Å². The van der Waals surface area contributed by atoms with Gasteiger partial charge in [-0.2, -0.15) is 0 Å². The van der Waals surface area contributed by atoms with Gasteiger partial charge in [0, 0.05) is 16.8 Å². The lowest BCUT2D eigenvalue weighted by molar-refractivity contribution is -0.142. The number of hydrogen-bond donors (Lipinski definition) is 1. The van der Waals surface area contributed by atoms with Crippen LogP contribution in [0.5, 0.6) is 0 Å². The summed E-state index contributed by atoms with van der Waals surface area (Å²) in [6, 6.07) is 14.7. The molecule has 4 nitrogen and oxygen atoms in total. The average Bonchev–Trinajstić information content (AvgIpc) is 2.59. The highest BCUT2D eigenvalue weighted by atomic mass is 35.5. The number of benzene rings is 2. The van der Waals surface area contributed by atoms with E-state index in [1.165, 1.54) is 11.6 Å². The number of nitrogens with one attached hydrogen (secondary N) is 1. The number of hydrogen-bond acceptors (Lipinski definition) is 3. The zero-order chi connectivity index (χ0) is 19.2. The van der Waals surface area contributed by atoms with Gasteiger partial charge in [-0.15, -0.1) is 0 Å². The average molecular weight is 372 g/mol. The Kier molecular flexibility index (Phi) is 6.58. The maximum absolute atomic E-state index is 11.9. The molecule has 0 heterocycles. The minimum absolute atomic E-state index is 0.0477. The molecule has 2 aromatic rings. The van der Waals surface area contributed by atoms with E-state index < -0.39 is 11.9 Å². The van der Waals surface area contributed by atoms with Crippen LogP contribution in [0, 0.1) is 0 Å². The highest BCUT2D eigenvalue weighted by molar-refractivity contribution is 6.32. The predicted molar refractivity (Wildman–Crippen MR) is 105 cm³/mol. The number of amides is 1. The minimum atomic E-state index is -0.608. The lowest BCUT2D eigenvalue weighted by Crippen LogP contribution is -2.20. The largest absolute Gasteiger partial charge is 0.452 e. The maximum atomic E-state index is 11.9. The van der Waals surface area contributed by atoms with Crippen LogP contribution < -0.4 is 5.32 Å². The van der Waals surface area contributed by atoms with Gasteiger partial charge in [-0.05, 0) is 40.8 Å². The summed E-state index contributed by atoms with van der Waals surface area (Å²) in [5.74, 6) is -1.00. The highest BCUT2D eigenvalue weighted by Gasteiger charge is 2.13. The van der Waals surface area contributed by atoms with Gasteiger partial charge in [-0.25, -0.2) is 4.79 Å². The second kappa shape index (κ2) is 8.68. The first-order valence-corrected chi connectivity index (χ1v) is 8.63. The van der Waals surface area contributed by atoms with Gasteiger partial charge in [-0.3, -0.25) is 4.79 Å². The van der Waals surface area contributed by atoms with E-state index in [1.807, 2.05) is 30.3 Å². The fourth-order valence-corrected chi connectivity index (χ4v) is 2.40. The molecule has 26 heavy (non-hydrogen) atoms. The number of carbonyl (C=O) groups is 2. The number of carbonyl (C=O) groups excluding carboxylic acids is 2. The van der Waals surface area contributed by atoms with Crippen molar-refractivity contribution >= 4 is 35.2 Å². The molecule has 0 spiro atoms. The molecular formula is C21H22ClNO3. The number of esters is 1. The first kappa shape index (κ1) is 19.7. The second-order valence-corrected chi connectivity index (χ2v) is 7.25. The van der Waals surface area contributed by atoms with E-state index in [0.29, 0.717) is 16.3 Å². The molecule has 0 saturated heterocycles. The van der Waals surface area contributed by atoms with E-state index in [0.717, 1.165) is 0 Å². The Labute approximate surface area is 158 Å². The van der Waals surface area contributed by atoms with Crippen LogP contribution in [0.15, 0.2) is 54.6 Å². The van der Waals surface area contributed by atoms with Crippen LogP contribution in [-0.4, -0.2) is 18.5 Å². The Balaban J connectivity index is 1.83.